The van der Waals surface area contributed by atoms with E-state index in [9.17, 15) is 14.7 Å². The van der Waals surface area contributed by atoms with E-state index in [1.54, 1.807) is 12.1 Å². The van der Waals surface area contributed by atoms with Gasteiger partial charge >= 0.3 is 0 Å². The number of hydrogen-bond acceptors (Lipinski definition) is 4. The second kappa shape index (κ2) is 6.31. The summed E-state index contributed by atoms with van der Waals surface area (Å²) in [6, 6.07) is 13.7. The minimum Gasteiger partial charge on any atom is -0.391 e. The van der Waals surface area contributed by atoms with E-state index < -0.39 is 23.6 Å². The third-order valence-electron chi connectivity index (χ3n) is 3.93. The molecule has 124 valence electrons. The molecule has 4 N–H and O–H groups in total. The molecule has 3 aromatic rings. The van der Waals surface area contributed by atoms with Crippen LogP contribution in [0, 0.1) is 0 Å². The number of aromatic nitrogens is 2. The second-order valence-electron chi connectivity index (χ2n) is 5.57. The molecular weight excluding hydrogens is 310 g/mol. The van der Waals surface area contributed by atoms with E-state index in [4.69, 9.17) is 5.21 Å². The summed E-state index contributed by atoms with van der Waals surface area (Å²) in [4.78, 5) is 24.3. The lowest BCUT2D eigenvalue weighted by Crippen LogP contribution is -2.41. The van der Waals surface area contributed by atoms with Crippen LogP contribution in [0.3, 0.4) is 0 Å². The number of rotatable bonds is 4. The zero-order chi connectivity index (χ0) is 17.3. The van der Waals surface area contributed by atoms with Gasteiger partial charge in [-0.2, -0.15) is 0 Å². The number of nitrogens with zero attached hydrogens (tertiary/aromatic N) is 1. The average molecular weight is 327 g/mol. The quantitative estimate of drug-likeness (QED) is 0.429. The number of fused-ring (bicyclic) bond motifs is 1. The molecule has 7 nitrogen and oxygen atoms in total. The van der Waals surface area contributed by atoms with Gasteiger partial charge in [0.1, 0.15) is 0 Å². The fraction of sp³-hybridized carbons (Fsp3) is 0.176. The molecule has 1 aromatic heterocycles. The highest BCUT2D eigenvalue weighted by molar-refractivity contribution is 5.85. The van der Waals surface area contributed by atoms with Crippen LogP contribution in [0.5, 0.6) is 0 Å². The SMILES string of the molecule is C[C@@H](O)C(C(=O)NO)n1[nH]c2cc(-c3ccccc3)ccc2c1=O. The van der Waals surface area contributed by atoms with Crippen LogP contribution < -0.4 is 11.0 Å². The number of hydrogen-bond donors (Lipinski definition) is 4. The molecule has 1 amide bonds. The van der Waals surface area contributed by atoms with Gasteiger partial charge in [-0.05, 0) is 30.2 Å². The van der Waals surface area contributed by atoms with Gasteiger partial charge in [-0.1, -0.05) is 36.4 Å². The van der Waals surface area contributed by atoms with E-state index in [1.165, 1.54) is 12.4 Å². The number of aliphatic hydroxyl groups excluding tert-OH is 1. The molecular formula is C17H17N3O4. The van der Waals surface area contributed by atoms with Crippen LogP contribution in [0.4, 0.5) is 0 Å². The maximum absolute atomic E-state index is 12.5. The Hall–Kier alpha value is -2.90. The molecule has 0 spiro atoms. The number of carbonyl (C=O) groups excluding carboxylic acids is 1. The summed E-state index contributed by atoms with van der Waals surface area (Å²) < 4.78 is 1.02. The predicted molar refractivity (Wildman–Crippen MR) is 88.6 cm³/mol. The first-order chi connectivity index (χ1) is 11.5. The molecule has 1 unspecified atom stereocenters. The van der Waals surface area contributed by atoms with Crippen molar-refractivity contribution in [3.05, 3.63) is 58.9 Å². The highest BCUT2D eigenvalue weighted by Gasteiger charge is 2.28. The standard InChI is InChI=1S/C17H17N3O4/c1-10(21)15(16(22)19-24)20-17(23)13-8-7-12(9-14(13)18-20)11-5-3-2-4-6-11/h2-10,15,18,21,24H,1H3,(H,19,22)/t10-,15?/m1/s1. The Morgan fingerprint density at radius 3 is 2.50 bits per heavy atom. The summed E-state index contributed by atoms with van der Waals surface area (Å²) in [6.07, 6.45) is -1.17. The Bertz CT molecular complexity index is 928. The van der Waals surface area contributed by atoms with E-state index in [0.717, 1.165) is 15.8 Å². The number of hydroxylamine groups is 1. The monoisotopic (exact) mass is 327 g/mol. The van der Waals surface area contributed by atoms with Crippen molar-refractivity contribution >= 4 is 16.8 Å². The lowest BCUT2D eigenvalue weighted by molar-refractivity contribution is -0.136. The summed E-state index contributed by atoms with van der Waals surface area (Å²) in [5.41, 5.74) is 3.48. The number of benzene rings is 2. The van der Waals surface area contributed by atoms with Gasteiger partial charge in [-0.15, -0.1) is 0 Å². The molecule has 0 saturated heterocycles. The van der Waals surface area contributed by atoms with Gasteiger partial charge < -0.3 is 5.11 Å². The van der Waals surface area contributed by atoms with Crippen molar-refractivity contribution in [2.24, 2.45) is 0 Å². The van der Waals surface area contributed by atoms with E-state index >= 15 is 0 Å². The molecule has 0 aliphatic rings. The minimum atomic E-state index is -1.25. The maximum Gasteiger partial charge on any atom is 0.275 e. The summed E-state index contributed by atoms with van der Waals surface area (Å²) in [6.45, 7) is 1.37. The number of H-pyrrole nitrogens is 1. The smallest absolute Gasteiger partial charge is 0.275 e. The molecule has 3 rings (SSSR count). The van der Waals surface area contributed by atoms with Gasteiger partial charge in [0.25, 0.3) is 11.5 Å². The maximum atomic E-state index is 12.5. The van der Waals surface area contributed by atoms with Gasteiger partial charge in [0.2, 0.25) is 0 Å². The van der Waals surface area contributed by atoms with Crippen molar-refractivity contribution in [3.63, 3.8) is 0 Å². The lowest BCUT2D eigenvalue weighted by Gasteiger charge is -2.17. The van der Waals surface area contributed by atoms with Crippen LogP contribution in [-0.2, 0) is 4.79 Å². The number of aromatic amines is 1. The van der Waals surface area contributed by atoms with Gasteiger partial charge in [0.15, 0.2) is 6.04 Å². The largest absolute Gasteiger partial charge is 0.391 e. The zero-order valence-electron chi connectivity index (χ0n) is 12.9. The Morgan fingerprint density at radius 1 is 1.17 bits per heavy atom. The summed E-state index contributed by atoms with van der Waals surface area (Å²) >= 11 is 0. The van der Waals surface area contributed by atoms with Crippen molar-refractivity contribution in [2.75, 3.05) is 0 Å². The van der Waals surface area contributed by atoms with E-state index in [-0.39, 0.29) is 0 Å². The number of aliphatic hydroxyl groups is 1. The van der Waals surface area contributed by atoms with Gasteiger partial charge in [0, 0.05) is 0 Å². The first kappa shape index (κ1) is 16.0. The summed E-state index contributed by atoms with van der Waals surface area (Å²) in [5, 5.41) is 21.9. The first-order valence-corrected chi connectivity index (χ1v) is 7.44. The molecule has 0 radical (unpaired) electrons. The Labute approximate surface area is 137 Å². The van der Waals surface area contributed by atoms with E-state index in [1.807, 2.05) is 36.4 Å². The molecule has 0 aliphatic carbocycles. The van der Waals surface area contributed by atoms with Crippen LogP contribution in [-0.4, -0.2) is 32.1 Å². The highest BCUT2D eigenvalue weighted by Crippen LogP contribution is 2.23. The highest BCUT2D eigenvalue weighted by atomic mass is 16.5. The topological polar surface area (TPSA) is 107 Å². The van der Waals surface area contributed by atoms with Crippen molar-refractivity contribution in [3.8, 4) is 11.1 Å². The van der Waals surface area contributed by atoms with Crippen molar-refractivity contribution in [1.29, 1.82) is 0 Å². The molecule has 7 heteroatoms. The average Bonchev–Trinajstić information content (AvgIpc) is 2.91. The molecule has 24 heavy (non-hydrogen) atoms. The number of nitrogens with one attached hydrogen (secondary N) is 2. The Kier molecular flexibility index (Phi) is 4.20. The summed E-state index contributed by atoms with van der Waals surface area (Å²) in [7, 11) is 0. The first-order valence-electron chi connectivity index (χ1n) is 7.44. The third kappa shape index (κ3) is 2.70. The molecule has 2 atom stereocenters. The van der Waals surface area contributed by atoms with E-state index in [2.05, 4.69) is 5.10 Å². The van der Waals surface area contributed by atoms with Crippen LogP contribution >= 0.6 is 0 Å². The number of amides is 1. The molecule has 1 heterocycles. The summed E-state index contributed by atoms with van der Waals surface area (Å²) in [5.74, 6) is -0.873. The predicted octanol–water partition coefficient (Wildman–Crippen LogP) is 1.42. The van der Waals surface area contributed by atoms with Crippen LogP contribution in [0.2, 0.25) is 0 Å². The Morgan fingerprint density at radius 2 is 1.88 bits per heavy atom. The van der Waals surface area contributed by atoms with Crippen LogP contribution in [0.1, 0.15) is 13.0 Å². The Balaban J connectivity index is 2.13. The molecule has 0 fully saturated rings. The van der Waals surface area contributed by atoms with Crippen molar-refractivity contribution in [1.82, 2.24) is 15.3 Å². The van der Waals surface area contributed by atoms with E-state index in [0.29, 0.717) is 10.9 Å². The molecule has 0 saturated carbocycles. The normalized spacial score (nSPS) is 13.6. The van der Waals surface area contributed by atoms with Crippen LogP contribution in [0.15, 0.2) is 53.3 Å². The van der Waals surface area contributed by atoms with Crippen molar-refractivity contribution in [2.45, 2.75) is 19.1 Å². The number of carbonyl (C=O) groups is 1. The second-order valence-corrected chi connectivity index (χ2v) is 5.57. The fourth-order valence-corrected chi connectivity index (χ4v) is 2.76. The van der Waals surface area contributed by atoms with Crippen LogP contribution in [0.25, 0.3) is 22.0 Å². The van der Waals surface area contributed by atoms with Gasteiger partial charge in [0.05, 0.1) is 17.0 Å². The molecule has 2 aromatic carbocycles. The fourth-order valence-electron chi connectivity index (χ4n) is 2.76. The zero-order valence-corrected chi connectivity index (χ0v) is 12.9. The van der Waals surface area contributed by atoms with Gasteiger partial charge in [-0.3, -0.25) is 19.9 Å². The molecule has 0 bridgehead atoms. The minimum absolute atomic E-state index is 0.395. The third-order valence-corrected chi connectivity index (χ3v) is 3.93. The molecule has 0 aliphatic heterocycles. The van der Waals surface area contributed by atoms with Gasteiger partial charge in [-0.25, -0.2) is 10.2 Å². The lowest BCUT2D eigenvalue weighted by atomic mass is 10.0. The van der Waals surface area contributed by atoms with Crippen molar-refractivity contribution < 1.29 is 15.1 Å².